The maximum atomic E-state index is 11.1. The quantitative estimate of drug-likeness (QED) is 0.639. The van der Waals surface area contributed by atoms with Crippen molar-refractivity contribution in [2.24, 2.45) is 0 Å². The molecule has 2 aliphatic rings. The van der Waals surface area contributed by atoms with Crippen molar-refractivity contribution in [3.63, 3.8) is 0 Å². The predicted octanol–water partition coefficient (Wildman–Crippen LogP) is 2.18. The van der Waals surface area contributed by atoms with Gasteiger partial charge in [-0.2, -0.15) is 10.5 Å². The summed E-state index contributed by atoms with van der Waals surface area (Å²) in [6, 6.07) is 4.57. The van der Waals surface area contributed by atoms with E-state index in [0.29, 0.717) is 22.0 Å². The predicted molar refractivity (Wildman–Crippen MR) is 96.7 cm³/mol. The molecule has 6 nitrogen and oxygen atoms in total. The summed E-state index contributed by atoms with van der Waals surface area (Å²) in [5.74, 6) is 0.940. The third-order valence-corrected chi connectivity index (χ3v) is 5.52. The summed E-state index contributed by atoms with van der Waals surface area (Å²) in [6.45, 7) is 5.21. The van der Waals surface area contributed by atoms with E-state index in [1.807, 2.05) is 0 Å². The van der Waals surface area contributed by atoms with Crippen LogP contribution in [0.1, 0.15) is 48.8 Å². The summed E-state index contributed by atoms with van der Waals surface area (Å²) in [4.78, 5) is 17.9. The average Bonchev–Trinajstić information content (AvgIpc) is 3.47. The highest BCUT2D eigenvalue weighted by molar-refractivity contribution is 8.00. The molecule has 1 aromatic heterocycles. The lowest BCUT2D eigenvalue weighted by molar-refractivity contribution is -0.107. The van der Waals surface area contributed by atoms with E-state index < -0.39 is 0 Å². The lowest BCUT2D eigenvalue weighted by Gasteiger charge is -2.25. The molecule has 7 heteroatoms. The third-order valence-electron chi connectivity index (χ3n) is 4.52. The van der Waals surface area contributed by atoms with Crippen molar-refractivity contribution < 1.29 is 4.79 Å². The first-order valence-electron chi connectivity index (χ1n) is 8.65. The van der Waals surface area contributed by atoms with Crippen molar-refractivity contribution in [2.75, 3.05) is 31.1 Å². The molecule has 0 amide bonds. The number of nitrogens with zero attached hydrogens (tertiary/aromatic N) is 4. The number of carbonyl (C=O) groups excluding carboxylic acids is 1. The van der Waals surface area contributed by atoms with Crippen LogP contribution in [0.4, 0.5) is 5.82 Å². The van der Waals surface area contributed by atoms with Crippen LogP contribution in [-0.2, 0) is 4.79 Å². The Kier molecular flexibility index (Phi) is 5.57. The molecule has 0 radical (unpaired) electrons. The van der Waals surface area contributed by atoms with Crippen LogP contribution in [0, 0.1) is 22.7 Å². The van der Waals surface area contributed by atoms with Gasteiger partial charge in [-0.15, -0.1) is 0 Å². The molecule has 1 N–H and O–H groups in total. The molecule has 0 aromatic carbocycles. The number of carbonyl (C=O) groups is 1. The maximum absolute atomic E-state index is 11.1. The van der Waals surface area contributed by atoms with Crippen molar-refractivity contribution in [3.8, 4) is 12.1 Å². The smallest absolute Gasteiger partial charge is 0.148 e. The number of nitrogens with one attached hydrogen (secondary N) is 1. The largest absolute Gasteiger partial charge is 0.354 e. The van der Waals surface area contributed by atoms with Gasteiger partial charge in [-0.05, 0) is 44.2 Å². The number of rotatable bonds is 5. The van der Waals surface area contributed by atoms with Crippen LogP contribution in [0.25, 0.3) is 0 Å². The van der Waals surface area contributed by atoms with E-state index in [1.165, 1.54) is 11.8 Å². The summed E-state index contributed by atoms with van der Waals surface area (Å²) in [5, 5.41) is 23.2. The van der Waals surface area contributed by atoms with E-state index in [2.05, 4.69) is 22.4 Å². The van der Waals surface area contributed by atoms with E-state index >= 15 is 0 Å². The number of pyridine rings is 1. The monoisotopic (exact) mass is 355 g/mol. The van der Waals surface area contributed by atoms with Crippen molar-refractivity contribution >= 4 is 23.9 Å². The van der Waals surface area contributed by atoms with E-state index in [0.717, 1.165) is 57.3 Å². The molecule has 1 aliphatic heterocycles. The fourth-order valence-electron chi connectivity index (χ4n) is 3.14. The van der Waals surface area contributed by atoms with Crippen LogP contribution < -0.4 is 10.2 Å². The minimum atomic E-state index is -0.279. The SMILES string of the molecule is CC(C=O)Sc1nc(N2CCCNCC2)c(C#N)c(C2CC2)c1C#N. The highest BCUT2D eigenvalue weighted by Gasteiger charge is 2.34. The van der Waals surface area contributed by atoms with Crippen LogP contribution in [0.3, 0.4) is 0 Å². The number of aromatic nitrogens is 1. The van der Waals surface area contributed by atoms with Crippen LogP contribution in [0.5, 0.6) is 0 Å². The molecular weight excluding hydrogens is 334 g/mol. The first-order valence-corrected chi connectivity index (χ1v) is 9.53. The first-order chi connectivity index (χ1) is 12.2. The zero-order chi connectivity index (χ0) is 17.8. The molecule has 1 atom stereocenters. The number of hydrogen-bond donors (Lipinski definition) is 1. The van der Waals surface area contributed by atoms with Gasteiger partial charge in [0.25, 0.3) is 0 Å². The van der Waals surface area contributed by atoms with Crippen molar-refractivity contribution in [2.45, 2.75) is 42.4 Å². The molecule has 130 valence electrons. The second-order valence-corrected chi connectivity index (χ2v) is 7.82. The minimum absolute atomic E-state index is 0.266. The topological polar surface area (TPSA) is 92.8 Å². The van der Waals surface area contributed by atoms with Crippen LogP contribution in [-0.4, -0.2) is 42.7 Å². The van der Waals surface area contributed by atoms with Gasteiger partial charge in [0, 0.05) is 19.6 Å². The Morgan fingerprint density at radius 1 is 1.28 bits per heavy atom. The minimum Gasteiger partial charge on any atom is -0.354 e. The van der Waals surface area contributed by atoms with E-state index in [9.17, 15) is 15.3 Å². The number of thioether (sulfide) groups is 1. The molecular formula is C18H21N5OS. The third kappa shape index (κ3) is 3.78. The molecule has 3 rings (SSSR count). The van der Waals surface area contributed by atoms with Gasteiger partial charge < -0.3 is 15.0 Å². The Hall–Kier alpha value is -2.09. The Balaban J connectivity index is 2.14. The molecule has 2 fully saturated rings. The number of aldehydes is 1. The van der Waals surface area contributed by atoms with Gasteiger partial charge in [-0.3, -0.25) is 0 Å². The Morgan fingerprint density at radius 3 is 2.68 bits per heavy atom. The highest BCUT2D eigenvalue weighted by Crippen LogP contribution is 2.47. The molecule has 25 heavy (non-hydrogen) atoms. The molecule has 1 saturated heterocycles. The normalized spacial score (nSPS) is 18.8. The second-order valence-electron chi connectivity index (χ2n) is 6.45. The number of hydrogen-bond acceptors (Lipinski definition) is 7. The lowest BCUT2D eigenvalue weighted by atomic mass is 9.99. The van der Waals surface area contributed by atoms with Gasteiger partial charge in [-0.1, -0.05) is 11.8 Å². The highest BCUT2D eigenvalue weighted by atomic mass is 32.2. The first kappa shape index (κ1) is 17.7. The Morgan fingerprint density at radius 2 is 2.04 bits per heavy atom. The maximum Gasteiger partial charge on any atom is 0.148 e. The van der Waals surface area contributed by atoms with Gasteiger partial charge in [0.1, 0.15) is 29.3 Å². The zero-order valence-electron chi connectivity index (χ0n) is 14.3. The summed E-state index contributed by atoms with van der Waals surface area (Å²) >= 11 is 1.30. The number of anilines is 1. The van der Waals surface area contributed by atoms with Crippen LogP contribution >= 0.6 is 11.8 Å². The Bertz CT molecular complexity index is 739. The van der Waals surface area contributed by atoms with Gasteiger partial charge in [0.15, 0.2) is 0 Å². The zero-order valence-corrected chi connectivity index (χ0v) is 15.1. The molecule has 1 aromatic rings. The van der Waals surface area contributed by atoms with Gasteiger partial charge >= 0.3 is 0 Å². The molecule has 0 spiro atoms. The summed E-state index contributed by atoms with van der Waals surface area (Å²) in [5.41, 5.74) is 1.87. The lowest BCUT2D eigenvalue weighted by Crippen LogP contribution is -2.30. The molecule has 0 bridgehead atoms. The van der Waals surface area contributed by atoms with Crippen molar-refractivity contribution in [3.05, 3.63) is 16.7 Å². The van der Waals surface area contributed by atoms with Gasteiger partial charge in [0.05, 0.1) is 16.4 Å². The number of nitriles is 2. The summed E-state index contributed by atoms with van der Waals surface area (Å²) < 4.78 is 0. The van der Waals surface area contributed by atoms with E-state index in [4.69, 9.17) is 4.98 Å². The Labute approximate surface area is 152 Å². The fraction of sp³-hybridized carbons (Fsp3) is 0.556. The summed E-state index contributed by atoms with van der Waals surface area (Å²) in [7, 11) is 0. The standard InChI is InChI=1S/C18H21N5OS/c1-12(11-24)25-18-15(10-20)16(13-3-4-13)14(9-19)17(22-18)23-7-2-5-21-6-8-23/h11-13,21H,2-8H2,1H3. The van der Waals surface area contributed by atoms with Crippen LogP contribution in [0.15, 0.2) is 5.03 Å². The van der Waals surface area contributed by atoms with Crippen molar-refractivity contribution in [1.82, 2.24) is 10.3 Å². The van der Waals surface area contributed by atoms with E-state index in [1.54, 1.807) is 6.92 Å². The molecule has 1 aliphatic carbocycles. The van der Waals surface area contributed by atoms with Gasteiger partial charge in [-0.25, -0.2) is 4.98 Å². The van der Waals surface area contributed by atoms with Crippen LogP contribution in [0.2, 0.25) is 0 Å². The summed E-state index contributed by atoms with van der Waals surface area (Å²) in [6.07, 6.45) is 3.85. The van der Waals surface area contributed by atoms with Crippen molar-refractivity contribution in [1.29, 1.82) is 10.5 Å². The molecule has 2 heterocycles. The fourth-order valence-corrected chi connectivity index (χ4v) is 3.96. The van der Waals surface area contributed by atoms with Gasteiger partial charge in [0.2, 0.25) is 0 Å². The molecule has 1 unspecified atom stereocenters. The molecule has 1 saturated carbocycles. The second kappa shape index (κ2) is 7.86. The van der Waals surface area contributed by atoms with E-state index in [-0.39, 0.29) is 11.2 Å². The average molecular weight is 355 g/mol.